The molecule has 19 nitrogen and oxygen atoms in total. The SMILES string of the molecule is COc1ccc(C(OC[C@H]2O[C@@H](n3cnc4c(NC(=O)N[C@H](C(=O)OCCc5ccc([N+](=O)[O-])cc5)[C@@H](C)O[Si](C)(C)C(C)(C)C)ncnc43)[C@H](O[Si](C)(C)C(C)(C)C)[C@@H]2O)(c2ccccc2)c2ccc(OC)cc2)cc1. The maximum atomic E-state index is 14.1. The van der Waals surface area contributed by atoms with Crippen LogP contribution in [0, 0.1) is 10.1 Å². The fourth-order valence-electron chi connectivity index (χ4n) is 8.64. The molecule has 1 saturated heterocycles. The number of carbonyl (C=O) groups is 2. The molecule has 0 saturated carbocycles. The fraction of sp³-hybridized carbons (Fsp3) is 0.446. The molecule has 1 aliphatic rings. The van der Waals surface area contributed by atoms with Gasteiger partial charge in [-0.25, -0.2) is 24.5 Å². The molecule has 1 aliphatic heterocycles. The highest BCUT2D eigenvalue weighted by Crippen LogP contribution is 2.46. The molecule has 0 radical (unpaired) electrons. The topological polar surface area (TPSA) is 230 Å². The summed E-state index contributed by atoms with van der Waals surface area (Å²) in [5.41, 5.74) is 2.35. The predicted octanol–water partition coefficient (Wildman–Crippen LogP) is 10.1. The third kappa shape index (κ3) is 12.9. The minimum absolute atomic E-state index is 0.0291. The molecule has 0 bridgehead atoms. The molecular weight excluding hydrogens is 1020 g/mol. The van der Waals surface area contributed by atoms with Gasteiger partial charge in [0.05, 0.1) is 44.8 Å². The van der Waals surface area contributed by atoms with Crippen molar-refractivity contribution in [1.29, 1.82) is 0 Å². The Hall–Kier alpha value is -6.60. The molecule has 412 valence electrons. The largest absolute Gasteiger partial charge is 0.497 e. The van der Waals surface area contributed by atoms with E-state index in [-0.39, 0.29) is 52.4 Å². The number of esters is 1. The third-order valence-corrected chi connectivity index (χ3v) is 24.2. The summed E-state index contributed by atoms with van der Waals surface area (Å²) < 4.78 is 46.3. The minimum atomic E-state index is -2.63. The number of nitrogens with one attached hydrogen (secondary N) is 2. The van der Waals surface area contributed by atoms with Crippen molar-refractivity contribution in [1.82, 2.24) is 24.8 Å². The number of fused-ring (bicyclic) bond motifs is 1. The number of methoxy groups -OCH3 is 2. The van der Waals surface area contributed by atoms with Crippen LogP contribution in [-0.2, 0) is 39.9 Å². The van der Waals surface area contributed by atoms with Crippen molar-refractivity contribution in [3.05, 3.63) is 148 Å². The molecule has 2 aromatic heterocycles. The van der Waals surface area contributed by atoms with E-state index in [1.807, 2.05) is 92.0 Å². The number of benzene rings is 4. The van der Waals surface area contributed by atoms with Crippen LogP contribution in [0.5, 0.6) is 11.5 Å². The summed E-state index contributed by atoms with van der Waals surface area (Å²) in [7, 11) is -1.88. The number of anilines is 1. The molecule has 21 heteroatoms. The van der Waals surface area contributed by atoms with Gasteiger partial charge in [-0.15, -0.1) is 0 Å². The Balaban J connectivity index is 1.18. The summed E-state index contributed by atoms with van der Waals surface area (Å²) >= 11 is 0. The fourth-order valence-corrected chi connectivity index (χ4v) is 11.3. The zero-order valence-corrected chi connectivity index (χ0v) is 48.2. The van der Waals surface area contributed by atoms with E-state index in [0.29, 0.717) is 11.5 Å². The molecule has 7 rings (SSSR count). The van der Waals surface area contributed by atoms with Gasteiger partial charge in [-0.3, -0.25) is 20.0 Å². The van der Waals surface area contributed by atoms with Crippen LogP contribution in [-0.4, -0.2) is 116 Å². The van der Waals surface area contributed by atoms with E-state index in [2.05, 4.69) is 80.2 Å². The van der Waals surface area contributed by atoms with Gasteiger partial charge in [-0.05, 0) is 89.7 Å². The number of amides is 2. The van der Waals surface area contributed by atoms with Crippen LogP contribution in [0.1, 0.15) is 76.9 Å². The molecular formula is C56H73N7O12Si2. The summed E-state index contributed by atoms with van der Waals surface area (Å²) in [5.74, 6) is 0.637. The van der Waals surface area contributed by atoms with Gasteiger partial charge in [-0.1, -0.05) is 108 Å². The molecule has 4 aromatic carbocycles. The van der Waals surface area contributed by atoms with Crippen LogP contribution >= 0.6 is 0 Å². The molecule has 1 fully saturated rings. The quantitative estimate of drug-likeness (QED) is 0.0200. The van der Waals surface area contributed by atoms with E-state index in [0.717, 1.165) is 22.3 Å². The summed E-state index contributed by atoms with van der Waals surface area (Å²) in [4.78, 5) is 52.3. The van der Waals surface area contributed by atoms with Crippen molar-refractivity contribution in [2.75, 3.05) is 32.8 Å². The monoisotopic (exact) mass is 1090 g/mol. The zero-order chi connectivity index (χ0) is 56.1. The van der Waals surface area contributed by atoms with Crippen molar-refractivity contribution < 1.29 is 52.2 Å². The van der Waals surface area contributed by atoms with Crippen LogP contribution in [0.2, 0.25) is 36.3 Å². The van der Waals surface area contributed by atoms with Gasteiger partial charge in [-0.2, -0.15) is 0 Å². The smallest absolute Gasteiger partial charge is 0.331 e. The van der Waals surface area contributed by atoms with Crippen LogP contribution in [0.3, 0.4) is 0 Å². The predicted molar refractivity (Wildman–Crippen MR) is 297 cm³/mol. The van der Waals surface area contributed by atoms with Gasteiger partial charge >= 0.3 is 12.0 Å². The first-order valence-corrected chi connectivity index (χ1v) is 31.4. The number of rotatable bonds is 21. The highest BCUT2D eigenvalue weighted by Gasteiger charge is 2.52. The number of imidazole rings is 1. The number of urea groups is 1. The average Bonchev–Trinajstić information content (AvgIpc) is 4.01. The third-order valence-electron chi connectivity index (χ3n) is 15.1. The van der Waals surface area contributed by atoms with Crippen molar-refractivity contribution in [3.63, 3.8) is 0 Å². The van der Waals surface area contributed by atoms with E-state index in [1.165, 1.54) is 24.8 Å². The van der Waals surface area contributed by atoms with Gasteiger partial charge in [0, 0.05) is 18.6 Å². The van der Waals surface area contributed by atoms with Gasteiger partial charge < -0.3 is 43.0 Å². The number of non-ortho nitro benzene ring substituents is 1. The normalized spacial score (nSPS) is 18.1. The minimum Gasteiger partial charge on any atom is -0.497 e. The molecule has 6 aromatic rings. The number of carbonyl (C=O) groups excluding carboxylic acids is 2. The molecule has 77 heavy (non-hydrogen) atoms. The Morgan fingerprint density at radius 1 is 0.805 bits per heavy atom. The second-order valence-corrected chi connectivity index (χ2v) is 31.8. The lowest BCUT2D eigenvalue weighted by Gasteiger charge is -2.40. The van der Waals surface area contributed by atoms with E-state index in [4.69, 9.17) is 32.5 Å². The summed E-state index contributed by atoms with van der Waals surface area (Å²) in [6.45, 7) is 22.4. The van der Waals surface area contributed by atoms with E-state index >= 15 is 0 Å². The Labute approximate surface area is 452 Å². The van der Waals surface area contributed by atoms with Crippen molar-refractivity contribution >= 4 is 51.3 Å². The number of hydrogen-bond donors (Lipinski definition) is 3. The molecule has 6 atom stereocenters. The van der Waals surface area contributed by atoms with Gasteiger partial charge in [0.25, 0.3) is 5.69 Å². The second kappa shape index (κ2) is 23.6. The van der Waals surface area contributed by atoms with E-state index < -0.39 is 75.8 Å². The number of hydrogen-bond acceptors (Lipinski definition) is 15. The maximum Gasteiger partial charge on any atom is 0.331 e. The number of aliphatic hydroxyl groups excluding tert-OH is 1. The first-order chi connectivity index (χ1) is 36.3. The van der Waals surface area contributed by atoms with E-state index in [9.17, 15) is 24.8 Å². The van der Waals surface area contributed by atoms with Crippen molar-refractivity contribution in [2.24, 2.45) is 0 Å². The molecule has 0 aliphatic carbocycles. The van der Waals surface area contributed by atoms with Crippen LogP contribution in [0.4, 0.5) is 16.3 Å². The standard InChI is InChI=1S/C56H73N7O12Si2/c1-36(74-76(10,11)54(2,3)4)45(52(65)71-32-31-37-19-25-41(26-20-37)63(67)68)60-53(66)61-49-46-50(58-34-57-49)62(35-59-46)51-48(75-77(12,13)55(5,6)7)47(64)44(73-51)33-72-56(38-17-15-14-16-18-38,39-21-27-42(69-8)28-22-39)40-23-29-43(70-9)30-24-40/h14-30,34-36,44-45,47-48,51,64H,31-33H2,1-13H3,(H2,57,58,60,61,66)/t36-,44-,45+,47-,48-,51-/m1/s1. The second-order valence-electron chi connectivity index (χ2n) is 22.3. The van der Waals surface area contributed by atoms with Gasteiger partial charge in [0.15, 0.2) is 45.9 Å². The number of aliphatic hydroxyl groups is 1. The Bertz CT molecular complexity index is 2920. The lowest BCUT2D eigenvalue weighted by Crippen LogP contribution is -2.55. The first-order valence-electron chi connectivity index (χ1n) is 25.6. The Morgan fingerprint density at radius 2 is 1.38 bits per heavy atom. The van der Waals surface area contributed by atoms with Gasteiger partial charge in [0.2, 0.25) is 0 Å². The number of aromatic nitrogens is 4. The number of nitrogens with zero attached hydrogens (tertiary/aromatic N) is 5. The number of ether oxygens (including phenoxy) is 5. The lowest BCUT2D eigenvalue weighted by atomic mass is 9.80. The molecule has 0 spiro atoms. The van der Waals surface area contributed by atoms with Gasteiger partial charge in [0.1, 0.15) is 41.7 Å². The number of nitro benzene ring substituents is 1. The highest BCUT2D eigenvalue weighted by atomic mass is 28.4. The van der Waals surface area contributed by atoms with E-state index in [1.54, 1.807) is 37.8 Å². The van der Waals surface area contributed by atoms with Crippen LogP contribution < -0.4 is 20.1 Å². The zero-order valence-electron chi connectivity index (χ0n) is 46.2. The van der Waals surface area contributed by atoms with Crippen LogP contribution in [0.15, 0.2) is 116 Å². The number of nitro groups is 1. The van der Waals surface area contributed by atoms with Crippen molar-refractivity contribution in [3.8, 4) is 11.5 Å². The first kappa shape index (κ1) is 58.1. The van der Waals surface area contributed by atoms with Crippen LogP contribution in [0.25, 0.3) is 11.2 Å². The molecule has 2 amide bonds. The van der Waals surface area contributed by atoms with Crippen molar-refractivity contribution in [2.45, 2.75) is 133 Å². The summed E-state index contributed by atoms with van der Waals surface area (Å²) in [6.07, 6.45) is -1.83. The summed E-state index contributed by atoms with van der Waals surface area (Å²) in [6, 6.07) is 29.1. The Kier molecular flexibility index (Phi) is 17.8. The maximum absolute atomic E-state index is 14.1. The molecule has 3 N–H and O–H groups in total. The Morgan fingerprint density at radius 3 is 1.92 bits per heavy atom. The molecule has 0 unspecified atom stereocenters. The average molecular weight is 1090 g/mol. The molecule has 3 heterocycles. The lowest BCUT2D eigenvalue weighted by molar-refractivity contribution is -0.384. The highest BCUT2D eigenvalue weighted by molar-refractivity contribution is 6.74. The summed E-state index contributed by atoms with van der Waals surface area (Å²) in [5, 5.41) is 28.8.